The third-order valence-corrected chi connectivity index (χ3v) is 2.00. The van der Waals surface area contributed by atoms with Crippen LogP contribution in [0.25, 0.3) is 6.08 Å². The predicted molar refractivity (Wildman–Crippen MR) is 53.7 cm³/mol. The predicted octanol–water partition coefficient (Wildman–Crippen LogP) is 2.72. The highest BCUT2D eigenvalue weighted by atomic mass is 19.1. The molecule has 0 aromatic heterocycles. The van der Waals surface area contributed by atoms with Gasteiger partial charge in [0.25, 0.3) is 0 Å². The lowest BCUT2D eigenvalue weighted by Gasteiger charge is -2.05. The van der Waals surface area contributed by atoms with Gasteiger partial charge in [-0.05, 0) is 31.5 Å². The quantitative estimate of drug-likeness (QED) is 0.775. The van der Waals surface area contributed by atoms with E-state index in [2.05, 4.69) is 0 Å². The Morgan fingerprint density at radius 1 is 1.29 bits per heavy atom. The monoisotopic (exact) mass is 197 g/mol. The second kappa shape index (κ2) is 4.33. The lowest BCUT2D eigenvalue weighted by molar-refractivity contribution is 0.583. The summed E-state index contributed by atoms with van der Waals surface area (Å²) in [6, 6.07) is 3.28. The van der Waals surface area contributed by atoms with Crippen molar-refractivity contribution in [3.05, 3.63) is 41.0 Å². The van der Waals surface area contributed by atoms with Crippen molar-refractivity contribution >= 4 is 6.08 Å². The number of rotatable bonds is 2. The van der Waals surface area contributed by atoms with Crippen LogP contribution in [-0.2, 0) is 0 Å². The van der Waals surface area contributed by atoms with Crippen LogP contribution in [0.3, 0.4) is 0 Å². The molecule has 0 bridgehead atoms. The lowest BCUT2D eigenvalue weighted by atomic mass is 10.1. The van der Waals surface area contributed by atoms with E-state index in [4.69, 9.17) is 5.73 Å². The minimum Gasteiger partial charge on any atom is -0.324 e. The Labute approximate surface area is 82.2 Å². The van der Waals surface area contributed by atoms with Crippen LogP contribution in [0.1, 0.15) is 19.4 Å². The first kappa shape index (κ1) is 10.9. The van der Waals surface area contributed by atoms with Crippen molar-refractivity contribution in [2.75, 3.05) is 0 Å². The molecular formula is C11H13F2N. The molecule has 0 aliphatic rings. The molecule has 0 amide bonds. The Hall–Kier alpha value is -1.22. The Morgan fingerprint density at radius 2 is 1.79 bits per heavy atom. The molecule has 76 valence electrons. The van der Waals surface area contributed by atoms with Crippen molar-refractivity contribution in [2.24, 2.45) is 5.73 Å². The van der Waals surface area contributed by atoms with E-state index in [-0.39, 0.29) is 6.04 Å². The normalized spacial score (nSPS) is 14.2. The molecule has 0 radical (unpaired) electrons. The van der Waals surface area contributed by atoms with Crippen LogP contribution in [-0.4, -0.2) is 6.04 Å². The van der Waals surface area contributed by atoms with Gasteiger partial charge in [0.2, 0.25) is 0 Å². The van der Waals surface area contributed by atoms with Crippen molar-refractivity contribution < 1.29 is 8.78 Å². The molecule has 3 heteroatoms. The zero-order valence-corrected chi connectivity index (χ0v) is 8.22. The second-order valence-corrected chi connectivity index (χ2v) is 3.38. The average molecular weight is 197 g/mol. The van der Waals surface area contributed by atoms with Gasteiger partial charge in [-0.3, -0.25) is 0 Å². The molecule has 0 spiro atoms. The molecule has 0 saturated carbocycles. The number of hydrogen-bond donors (Lipinski definition) is 1. The van der Waals surface area contributed by atoms with Crippen LogP contribution < -0.4 is 5.73 Å². The van der Waals surface area contributed by atoms with E-state index in [9.17, 15) is 8.78 Å². The van der Waals surface area contributed by atoms with Crippen molar-refractivity contribution in [2.45, 2.75) is 19.9 Å². The van der Waals surface area contributed by atoms with Gasteiger partial charge in [0.15, 0.2) is 0 Å². The summed E-state index contributed by atoms with van der Waals surface area (Å²) in [6.07, 6.45) is 1.68. The van der Waals surface area contributed by atoms with Crippen molar-refractivity contribution in [1.29, 1.82) is 0 Å². The van der Waals surface area contributed by atoms with E-state index in [1.807, 2.05) is 13.8 Å². The van der Waals surface area contributed by atoms with Crippen molar-refractivity contribution in [3.8, 4) is 0 Å². The van der Waals surface area contributed by atoms with Crippen LogP contribution in [0, 0.1) is 11.6 Å². The molecular weight excluding hydrogens is 184 g/mol. The molecule has 0 fully saturated rings. The Kier molecular flexibility index (Phi) is 3.36. The first-order chi connectivity index (χ1) is 6.49. The highest BCUT2D eigenvalue weighted by Gasteiger charge is 2.00. The standard InChI is InChI=1S/C11H13F2N/c1-7(8(2)14)3-9-4-10(12)6-11(13)5-9/h3-6,8H,14H2,1-2H3/b7-3+. The van der Waals surface area contributed by atoms with Gasteiger partial charge < -0.3 is 5.73 Å². The Bertz CT molecular complexity index is 336. The van der Waals surface area contributed by atoms with E-state index in [0.29, 0.717) is 5.56 Å². The molecule has 14 heavy (non-hydrogen) atoms. The molecule has 1 aromatic carbocycles. The maximum atomic E-state index is 12.8. The Morgan fingerprint density at radius 3 is 2.21 bits per heavy atom. The van der Waals surface area contributed by atoms with Gasteiger partial charge in [-0.1, -0.05) is 11.6 Å². The van der Waals surface area contributed by atoms with Gasteiger partial charge in [-0.2, -0.15) is 0 Å². The molecule has 1 nitrogen and oxygen atoms in total. The molecule has 1 rings (SSSR count). The van der Waals surface area contributed by atoms with E-state index in [0.717, 1.165) is 11.6 Å². The van der Waals surface area contributed by atoms with Gasteiger partial charge in [0.1, 0.15) is 11.6 Å². The van der Waals surface area contributed by atoms with Crippen molar-refractivity contribution in [1.82, 2.24) is 0 Å². The van der Waals surface area contributed by atoms with Crippen LogP contribution in [0.5, 0.6) is 0 Å². The number of hydrogen-bond acceptors (Lipinski definition) is 1. The molecule has 0 heterocycles. The third kappa shape index (κ3) is 2.92. The second-order valence-electron chi connectivity index (χ2n) is 3.38. The van der Waals surface area contributed by atoms with E-state index < -0.39 is 11.6 Å². The summed E-state index contributed by atoms with van der Waals surface area (Å²) in [5, 5.41) is 0. The molecule has 1 aromatic rings. The molecule has 2 N–H and O–H groups in total. The number of benzene rings is 1. The first-order valence-electron chi connectivity index (χ1n) is 4.39. The van der Waals surface area contributed by atoms with Gasteiger partial charge >= 0.3 is 0 Å². The minimum absolute atomic E-state index is 0.110. The largest absolute Gasteiger partial charge is 0.324 e. The topological polar surface area (TPSA) is 26.0 Å². The van der Waals surface area contributed by atoms with Crippen LogP contribution in [0.2, 0.25) is 0 Å². The van der Waals surface area contributed by atoms with E-state index >= 15 is 0 Å². The summed E-state index contributed by atoms with van der Waals surface area (Å²) < 4.78 is 25.6. The van der Waals surface area contributed by atoms with Gasteiger partial charge in [-0.15, -0.1) is 0 Å². The van der Waals surface area contributed by atoms with Crippen LogP contribution in [0.15, 0.2) is 23.8 Å². The first-order valence-corrected chi connectivity index (χ1v) is 4.39. The zero-order chi connectivity index (χ0) is 10.7. The number of halogens is 2. The van der Waals surface area contributed by atoms with Gasteiger partial charge in [0.05, 0.1) is 0 Å². The highest BCUT2D eigenvalue weighted by molar-refractivity contribution is 5.53. The SMILES string of the molecule is C/C(=C\c1cc(F)cc(F)c1)C(C)N. The summed E-state index contributed by atoms with van der Waals surface area (Å²) in [5.74, 6) is -1.15. The summed E-state index contributed by atoms with van der Waals surface area (Å²) >= 11 is 0. The maximum Gasteiger partial charge on any atom is 0.126 e. The van der Waals surface area contributed by atoms with E-state index in [1.54, 1.807) is 6.08 Å². The summed E-state index contributed by atoms with van der Waals surface area (Å²) in [5.41, 5.74) is 6.99. The highest BCUT2D eigenvalue weighted by Crippen LogP contribution is 2.12. The fraction of sp³-hybridized carbons (Fsp3) is 0.273. The van der Waals surface area contributed by atoms with Crippen molar-refractivity contribution in [3.63, 3.8) is 0 Å². The smallest absolute Gasteiger partial charge is 0.126 e. The van der Waals surface area contributed by atoms with E-state index in [1.165, 1.54) is 12.1 Å². The lowest BCUT2D eigenvalue weighted by Crippen LogP contribution is -2.15. The third-order valence-electron chi connectivity index (χ3n) is 2.00. The van der Waals surface area contributed by atoms with Gasteiger partial charge in [-0.25, -0.2) is 8.78 Å². The minimum atomic E-state index is -0.575. The van der Waals surface area contributed by atoms with Gasteiger partial charge in [0, 0.05) is 12.1 Å². The Balaban J connectivity index is 3.02. The molecule has 0 saturated heterocycles. The average Bonchev–Trinajstić information content (AvgIpc) is 2.01. The summed E-state index contributed by atoms with van der Waals surface area (Å²) in [6.45, 7) is 3.65. The zero-order valence-electron chi connectivity index (χ0n) is 8.22. The summed E-state index contributed by atoms with van der Waals surface area (Å²) in [4.78, 5) is 0. The van der Waals surface area contributed by atoms with Crippen LogP contribution >= 0.6 is 0 Å². The number of nitrogens with two attached hydrogens (primary N) is 1. The fourth-order valence-corrected chi connectivity index (χ4v) is 1.05. The van der Waals surface area contributed by atoms with Crippen LogP contribution in [0.4, 0.5) is 8.78 Å². The summed E-state index contributed by atoms with van der Waals surface area (Å²) in [7, 11) is 0. The molecule has 0 aliphatic carbocycles. The molecule has 1 atom stereocenters. The molecule has 0 aliphatic heterocycles. The fourth-order valence-electron chi connectivity index (χ4n) is 1.05. The maximum absolute atomic E-state index is 12.8. The molecule has 1 unspecified atom stereocenters.